The van der Waals surface area contributed by atoms with E-state index in [0.29, 0.717) is 27.2 Å². The fourth-order valence-corrected chi connectivity index (χ4v) is 4.16. The average Bonchev–Trinajstić information content (AvgIpc) is 2.99. The van der Waals surface area contributed by atoms with Crippen molar-refractivity contribution < 1.29 is 4.79 Å². The van der Waals surface area contributed by atoms with Crippen LogP contribution in [0.3, 0.4) is 0 Å². The average molecular weight is 385 g/mol. The van der Waals surface area contributed by atoms with E-state index < -0.39 is 0 Å². The minimum absolute atomic E-state index is 0.121. The van der Waals surface area contributed by atoms with Gasteiger partial charge >= 0.3 is 0 Å². The zero-order chi connectivity index (χ0) is 19.6. The number of rotatable bonds is 6. The highest BCUT2D eigenvalue weighted by Gasteiger charge is 2.19. The van der Waals surface area contributed by atoms with Gasteiger partial charge in [0.2, 0.25) is 0 Å². The molecule has 0 radical (unpaired) electrons. The molecule has 142 valence electrons. The van der Waals surface area contributed by atoms with Gasteiger partial charge < -0.3 is 14.8 Å². The fraction of sp³-hybridized carbons (Fsp3) is 0.350. The third kappa shape index (κ3) is 3.88. The number of amides is 1. The molecule has 3 aromatic rings. The van der Waals surface area contributed by atoms with E-state index in [9.17, 15) is 9.59 Å². The van der Waals surface area contributed by atoms with Crippen LogP contribution < -0.4 is 15.8 Å². The molecule has 0 spiro atoms. The van der Waals surface area contributed by atoms with Gasteiger partial charge in [-0.15, -0.1) is 11.3 Å². The number of benzene rings is 1. The molecule has 0 aliphatic heterocycles. The zero-order valence-electron chi connectivity index (χ0n) is 16.1. The van der Waals surface area contributed by atoms with Crippen LogP contribution in [-0.2, 0) is 7.05 Å². The first-order valence-corrected chi connectivity index (χ1v) is 9.78. The topological polar surface area (TPSA) is 67.2 Å². The molecule has 0 aliphatic rings. The maximum absolute atomic E-state index is 12.6. The third-order valence-electron chi connectivity index (χ3n) is 4.63. The number of likely N-dealkylation sites (N-methyl/N-ethyl adjacent to an activating group) is 1. The standard InChI is InChI=1S/C20H24N4O2S/c1-5-24(15-8-6-7-13(2)11-15)10-9-21-18(25)17-14(3)16-19(27-17)22-12-23(4)20(16)26/h6-8,11-12H,5,9-10H2,1-4H3,(H,21,25). The molecule has 0 saturated heterocycles. The molecule has 0 bridgehead atoms. The summed E-state index contributed by atoms with van der Waals surface area (Å²) in [5.41, 5.74) is 2.94. The van der Waals surface area contributed by atoms with E-state index in [0.717, 1.165) is 18.8 Å². The summed E-state index contributed by atoms with van der Waals surface area (Å²) < 4.78 is 1.44. The highest BCUT2D eigenvalue weighted by Crippen LogP contribution is 2.26. The minimum atomic E-state index is -0.155. The van der Waals surface area contributed by atoms with Crippen LogP contribution in [-0.4, -0.2) is 35.1 Å². The molecule has 3 rings (SSSR count). The summed E-state index contributed by atoms with van der Waals surface area (Å²) in [4.78, 5) is 32.6. The van der Waals surface area contributed by atoms with Gasteiger partial charge in [0, 0.05) is 32.4 Å². The Hall–Kier alpha value is -2.67. The lowest BCUT2D eigenvalue weighted by molar-refractivity contribution is 0.0958. The Balaban J connectivity index is 1.71. The SMILES string of the molecule is CCN(CCNC(=O)c1sc2ncn(C)c(=O)c2c1C)c1cccc(C)c1. The van der Waals surface area contributed by atoms with E-state index in [1.54, 1.807) is 7.05 Å². The Morgan fingerprint density at radius 3 is 2.81 bits per heavy atom. The normalized spacial score (nSPS) is 11.0. The highest BCUT2D eigenvalue weighted by atomic mass is 32.1. The smallest absolute Gasteiger partial charge is 0.262 e. The first-order valence-electron chi connectivity index (χ1n) is 8.97. The number of carbonyl (C=O) groups excluding carboxylic acids is 1. The predicted octanol–water partition coefficient (Wildman–Crippen LogP) is 2.87. The second kappa shape index (κ2) is 7.92. The number of thiophene rings is 1. The zero-order valence-corrected chi connectivity index (χ0v) is 16.9. The first-order chi connectivity index (χ1) is 12.9. The van der Waals surface area contributed by atoms with Crippen LogP contribution in [0.15, 0.2) is 35.4 Å². The van der Waals surface area contributed by atoms with E-state index in [1.165, 1.54) is 27.8 Å². The lowest BCUT2D eigenvalue weighted by Crippen LogP contribution is -2.34. The van der Waals surface area contributed by atoms with Gasteiger partial charge in [0.15, 0.2) is 0 Å². The number of aromatic nitrogens is 2. The molecule has 0 atom stereocenters. The van der Waals surface area contributed by atoms with E-state index in [2.05, 4.69) is 47.2 Å². The lowest BCUT2D eigenvalue weighted by atomic mass is 10.2. The van der Waals surface area contributed by atoms with Gasteiger partial charge in [-0.05, 0) is 44.0 Å². The quantitative estimate of drug-likeness (QED) is 0.710. The molecule has 7 heteroatoms. The van der Waals surface area contributed by atoms with E-state index in [4.69, 9.17) is 0 Å². The molecule has 27 heavy (non-hydrogen) atoms. The minimum Gasteiger partial charge on any atom is -0.370 e. The monoisotopic (exact) mass is 384 g/mol. The molecule has 2 aromatic heterocycles. The van der Waals surface area contributed by atoms with Crippen molar-refractivity contribution in [3.8, 4) is 0 Å². The number of fused-ring (bicyclic) bond motifs is 1. The van der Waals surface area contributed by atoms with Gasteiger partial charge in [-0.1, -0.05) is 12.1 Å². The third-order valence-corrected chi connectivity index (χ3v) is 5.83. The largest absolute Gasteiger partial charge is 0.370 e. The Bertz CT molecular complexity index is 1040. The van der Waals surface area contributed by atoms with Crippen LogP contribution >= 0.6 is 11.3 Å². The van der Waals surface area contributed by atoms with E-state index in [-0.39, 0.29) is 11.5 Å². The molecule has 1 aromatic carbocycles. The van der Waals surface area contributed by atoms with Gasteiger partial charge in [-0.2, -0.15) is 0 Å². The number of carbonyl (C=O) groups is 1. The van der Waals surface area contributed by atoms with Crippen LogP contribution in [0, 0.1) is 13.8 Å². The van der Waals surface area contributed by atoms with Crippen molar-refractivity contribution in [1.82, 2.24) is 14.9 Å². The Morgan fingerprint density at radius 1 is 1.33 bits per heavy atom. The fourth-order valence-electron chi connectivity index (χ4n) is 3.10. The summed E-state index contributed by atoms with van der Waals surface area (Å²) in [6, 6.07) is 8.33. The summed E-state index contributed by atoms with van der Waals surface area (Å²) in [6.45, 7) is 8.09. The van der Waals surface area contributed by atoms with Crippen molar-refractivity contribution in [2.24, 2.45) is 7.05 Å². The molecular formula is C20H24N4O2S. The summed E-state index contributed by atoms with van der Waals surface area (Å²) in [7, 11) is 1.66. The van der Waals surface area contributed by atoms with Crippen LogP contribution in [0.5, 0.6) is 0 Å². The number of aryl methyl sites for hydroxylation is 3. The molecule has 2 heterocycles. The second-order valence-electron chi connectivity index (χ2n) is 6.57. The van der Waals surface area contributed by atoms with Gasteiger partial charge in [-0.3, -0.25) is 9.59 Å². The number of hydrogen-bond donors (Lipinski definition) is 1. The Kier molecular flexibility index (Phi) is 5.60. The van der Waals surface area contributed by atoms with Crippen molar-refractivity contribution in [3.05, 3.63) is 57.0 Å². The lowest BCUT2D eigenvalue weighted by Gasteiger charge is -2.23. The van der Waals surface area contributed by atoms with Crippen LogP contribution in [0.25, 0.3) is 10.2 Å². The molecule has 6 nitrogen and oxygen atoms in total. The van der Waals surface area contributed by atoms with Crippen molar-refractivity contribution in [2.75, 3.05) is 24.5 Å². The van der Waals surface area contributed by atoms with Gasteiger partial charge in [0.25, 0.3) is 11.5 Å². The van der Waals surface area contributed by atoms with Crippen molar-refractivity contribution in [2.45, 2.75) is 20.8 Å². The molecular weight excluding hydrogens is 360 g/mol. The van der Waals surface area contributed by atoms with E-state index >= 15 is 0 Å². The van der Waals surface area contributed by atoms with Crippen molar-refractivity contribution in [3.63, 3.8) is 0 Å². The molecule has 0 aliphatic carbocycles. The second-order valence-corrected chi connectivity index (χ2v) is 7.57. The number of anilines is 1. The highest BCUT2D eigenvalue weighted by molar-refractivity contribution is 7.20. The summed E-state index contributed by atoms with van der Waals surface area (Å²) in [5, 5.41) is 3.51. The van der Waals surface area contributed by atoms with Crippen molar-refractivity contribution in [1.29, 1.82) is 0 Å². The number of nitrogens with zero attached hydrogens (tertiary/aromatic N) is 3. The van der Waals surface area contributed by atoms with E-state index in [1.807, 2.05) is 13.0 Å². The van der Waals surface area contributed by atoms with Crippen LogP contribution in [0.1, 0.15) is 27.7 Å². The maximum atomic E-state index is 12.6. The summed E-state index contributed by atoms with van der Waals surface area (Å²) in [5.74, 6) is -0.155. The molecule has 0 fully saturated rings. The van der Waals surface area contributed by atoms with Gasteiger partial charge in [-0.25, -0.2) is 4.98 Å². The first kappa shape index (κ1) is 19.1. The Labute approximate surface area is 162 Å². The van der Waals surface area contributed by atoms with Crippen molar-refractivity contribution >= 4 is 33.1 Å². The van der Waals surface area contributed by atoms with Crippen LogP contribution in [0.4, 0.5) is 5.69 Å². The number of hydrogen-bond acceptors (Lipinski definition) is 5. The molecule has 0 saturated carbocycles. The molecule has 1 N–H and O–H groups in total. The van der Waals surface area contributed by atoms with Gasteiger partial charge in [0.1, 0.15) is 4.83 Å². The van der Waals surface area contributed by atoms with Gasteiger partial charge in [0.05, 0.1) is 16.6 Å². The number of nitrogens with one attached hydrogen (secondary N) is 1. The maximum Gasteiger partial charge on any atom is 0.262 e. The molecule has 1 amide bonds. The Morgan fingerprint density at radius 2 is 2.11 bits per heavy atom. The predicted molar refractivity (Wildman–Crippen MR) is 111 cm³/mol. The summed E-state index contributed by atoms with van der Waals surface area (Å²) >= 11 is 1.27. The molecule has 0 unspecified atom stereocenters. The van der Waals surface area contributed by atoms with Crippen LogP contribution in [0.2, 0.25) is 0 Å². The summed E-state index contributed by atoms with van der Waals surface area (Å²) in [6.07, 6.45) is 1.49.